The fourth-order valence-corrected chi connectivity index (χ4v) is 3.34. The van der Waals surface area contributed by atoms with Crippen molar-refractivity contribution in [3.8, 4) is 0 Å². The highest BCUT2D eigenvalue weighted by Crippen LogP contribution is 2.23. The lowest BCUT2D eigenvalue weighted by atomic mass is 10.1. The van der Waals surface area contributed by atoms with Gasteiger partial charge in [0.25, 0.3) is 5.91 Å². The van der Waals surface area contributed by atoms with E-state index in [0.29, 0.717) is 22.5 Å². The molecule has 0 atom stereocenters. The molecule has 0 saturated heterocycles. The first-order valence-corrected chi connectivity index (χ1v) is 9.25. The van der Waals surface area contributed by atoms with E-state index in [0.717, 1.165) is 16.9 Å². The van der Waals surface area contributed by atoms with Gasteiger partial charge >= 0.3 is 0 Å². The van der Waals surface area contributed by atoms with E-state index >= 15 is 0 Å². The smallest absolute Gasteiger partial charge is 0.295 e. The van der Waals surface area contributed by atoms with E-state index in [9.17, 15) is 9.59 Å². The zero-order chi connectivity index (χ0) is 20.5. The van der Waals surface area contributed by atoms with Gasteiger partial charge in [-0.1, -0.05) is 12.1 Å². The summed E-state index contributed by atoms with van der Waals surface area (Å²) in [5.41, 5.74) is 1.93. The van der Waals surface area contributed by atoms with Crippen molar-refractivity contribution >= 4 is 22.7 Å². The Balaban J connectivity index is 1.81. The molecule has 0 N–H and O–H groups in total. The number of pyridine rings is 1. The van der Waals surface area contributed by atoms with E-state index < -0.39 is 5.91 Å². The van der Waals surface area contributed by atoms with Crippen molar-refractivity contribution < 1.29 is 13.6 Å². The van der Waals surface area contributed by atoms with Crippen molar-refractivity contribution in [2.75, 3.05) is 4.90 Å². The molecule has 0 radical (unpaired) electrons. The van der Waals surface area contributed by atoms with Gasteiger partial charge in [-0.25, -0.2) is 4.98 Å². The second kappa shape index (κ2) is 7.39. The highest BCUT2D eigenvalue weighted by Gasteiger charge is 2.24. The van der Waals surface area contributed by atoms with E-state index in [1.54, 1.807) is 30.5 Å². The predicted molar refractivity (Wildman–Crippen MR) is 110 cm³/mol. The summed E-state index contributed by atoms with van der Waals surface area (Å²) in [7, 11) is 0. The van der Waals surface area contributed by atoms with E-state index in [2.05, 4.69) is 4.98 Å². The van der Waals surface area contributed by atoms with E-state index in [1.165, 1.54) is 11.0 Å². The number of carbonyl (C=O) groups excluding carboxylic acids is 1. The number of hydrogen-bond acceptors (Lipinski definition) is 5. The Bertz CT molecular complexity index is 1260. The summed E-state index contributed by atoms with van der Waals surface area (Å²) in [5, 5.41) is 0.463. The number of benzene rings is 1. The molecule has 0 spiro atoms. The van der Waals surface area contributed by atoms with Crippen LogP contribution in [0.3, 0.4) is 0 Å². The van der Waals surface area contributed by atoms with Crippen LogP contribution in [0, 0.1) is 20.8 Å². The Hall–Kier alpha value is -3.67. The Labute approximate surface area is 167 Å². The van der Waals surface area contributed by atoms with Crippen LogP contribution < -0.4 is 10.3 Å². The van der Waals surface area contributed by atoms with Gasteiger partial charge < -0.3 is 8.83 Å². The normalized spacial score (nSPS) is 11.0. The molecule has 0 saturated carbocycles. The third-order valence-electron chi connectivity index (χ3n) is 4.65. The Morgan fingerprint density at radius 3 is 2.55 bits per heavy atom. The minimum Gasteiger partial charge on any atom is -0.464 e. The third kappa shape index (κ3) is 3.69. The summed E-state index contributed by atoms with van der Waals surface area (Å²) < 4.78 is 11.5. The van der Waals surface area contributed by atoms with Crippen molar-refractivity contribution in [2.45, 2.75) is 27.3 Å². The summed E-state index contributed by atoms with van der Waals surface area (Å²) in [6.45, 7) is 5.77. The Morgan fingerprint density at radius 1 is 1.03 bits per heavy atom. The molecule has 1 aromatic carbocycles. The average molecular weight is 388 g/mol. The van der Waals surface area contributed by atoms with Crippen LogP contribution >= 0.6 is 0 Å². The maximum absolute atomic E-state index is 13.3. The molecule has 0 aliphatic carbocycles. The third-order valence-corrected chi connectivity index (χ3v) is 4.65. The van der Waals surface area contributed by atoms with Crippen LogP contribution in [0.25, 0.3) is 11.0 Å². The molecule has 6 heteroatoms. The highest BCUT2D eigenvalue weighted by atomic mass is 16.4. The number of rotatable bonds is 4. The first-order chi connectivity index (χ1) is 13.9. The molecule has 4 aromatic rings. The number of aryl methyl sites for hydroxylation is 3. The molecular formula is C23H20N2O4. The maximum Gasteiger partial charge on any atom is 0.295 e. The van der Waals surface area contributed by atoms with Gasteiger partial charge in [0.05, 0.1) is 11.9 Å². The average Bonchev–Trinajstić information content (AvgIpc) is 3.12. The van der Waals surface area contributed by atoms with Crippen molar-refractivity contribution in [2.24, 2.45) is 0 Å². The molecule has 1 amide bonds. The molecule has 0 aliphatic rings. The number of furan rings is 1. The van der Waals surface area contributed by atoms with Gasteiger partial charge in [-0.05, 0) is 62.2 Å². The van der Waals surface area contributed by atoms with Gasteiger partial charge in [0, 0.05) is 12.3 Å². The van der Waals surface area contributed by atoms with Crippen LogP contribution in [-0.4, -0.2) is 10.9 Å². The van der Waals surface area contributed by atoms with Crippen LogP contribution in [0.15, 0.2) is 68.4 Å². The van der Waals surface area contributed by atoms with Gasteiger partial charge in [-0.2, -0.15) is 0 Å². The number of carbonyl (C=O) groups is 1. The van der Waals surface area contributed by atoms with Crippen LogP contribution in [0.2, 0.25) is 0 Å². The number of aromatic nitrogens is 1. The second-order valence-corrected chi connectivity index (χ2v) is 7.02. The van der Waals surface area contributed by atoms with Crippen LogP contribution in [-0.2, 0) is 6.54 Å². The standard InChI is InChI=1S/C23H20N2O4/c1-14-10-15(2)22-18(11-14)19(26)12-20(29-22)23(27)25(21-6-4-5-9-24-21)13-17-8-7-16(3)28-17/h4-12H,13H2,1-3H3. The van der Waals surface area contributed by atoms with Crippen LogP contribution in [0.5, 0.6) is 0 Å². The van der Waals surface area contributed by atoms with Crippen molar-refractivity contribution in [1.29, 1.82) is 0 Å². The quantitative estimate of drug-likeness (QED) is 0.512. The highest BCUT2D eigenvalue weighted by molar-refractivity contribution is 6.04. The molecule has 3 heterocycles. The summed E-state index contributed by atoms with van der Waals surface area (Å²) in [6.07, 6.45) is 1.60. The Kier molecular flexibility index (Phi) is 4.76. The van der Waals surface area contributed by atoms with Crippen molar-refractivity contribution in [3.05, 3.63) is 93.4 Å². The molecule has 146 valence electrons. The number of fused-ring (bicyclic) bond motifs is 1. The summed E-state index contributed by atoms with van der Waals surface area (Å²) in [5.74, 6) is 1.29. The van der Waals surface area contributed by atoms with Crippen LogP contribution in [0.4, 0.5) is 5.82 Å². The lowest BCUT2D eigenvalue weighted by Crippen LogP contribution is -2.31. The van der Waals surface area contributed by atoms with Gasteiger partial charge in [0.2, 0.25) is 0 Å². The molecule has 4 rings (SSSR count). The second-order valence-electron chi connectivity index (χ2n) is 7.02. The topological polar surface area (TPSA) is 76.6 Å². The molecule has 29 heavy (non-hydrogen) atoms. The number of anilines is 1. The minimum atomic E-state index is -0.461. The van der Waals surface area contributed by atoms with Gasteiger partial charge in [-0.15, -0.1) is 0 Å². The maximum atomic E-state index is 13.3. The monoisotopic (exact) mass is 388 g/mol. The predicted octanol–water partition coefficient (Wildman–Crippen LogP) is 4.55. The fourth-order valence-electron chi connectivity index (χ4n) is 3.34. The molecule has 6 nitrogen and oxygen atoms in total. The minimum absolute atomic E-state index is 0.0385. The summed E-state index contributed by atoms with van der Waals surface area (Å²) >= 11 is 0. The molecule has 0 fully saturated rings. The number of nitrogens with zero attached hydrogens (tertiary/aromatic N) is 2. The first kappa shape index (κ1) is 18.7. The Morgan fingerprint density at radius 2 is 1.86 bits per heavy atom. The van der Waals surface area contributed by atoms with E-state index in [4.69, 9.17) is 8.83 Å². The van der Waals surface area contributed by atoms with Crippen LogP contribution in [0.1, 0.15) is 33.2 Å². The zero-order valence-electron chi connectivity index (χ0n) is 16.4. The number of amides is 1. The van der Waals surface area contributed by atoms with E-state index in [1.807, 2.05) is 39.0 Å². The zero-order valence-corrected chi connectivity index (χ0v) is 16.4. The first-order valence-electron chi connectivity index (χ1n) is 9.25. The van der Waals surface area contributed by atoms with Gasteiger partial charge in [0.15, 0.2) is 11.2 Å². The molecular weight excluding hydrogens is 368 g/mol. The molecule has 3 aromatic heterocycles. The lowest BCUT2D eigenvalue weighted by molar-refractivity contribution is 0.0956. The molecule has 0 unspecified atom stereocenters. The van der Waals surface area contributed by atoms with Crippen molar-refractivity contribution in [1.82, 2.24) is 4.98 Å². The molecule has 0 aliphatic heterocycles. The summed E-state index contributed by atoms with van der Waals surface area (Å²) in [6, 6.07) is 13.9. The lowest BCUT2D eigenvalue weighted by Gasteiger charge is -2.20. The largest absolute Gasteiger partial charge is 0.464 e. The molecule has 0 bridgehead atoms. The van der Waals surface area contributed by atoms with Crippen molar-refractivity contribution in [3.63, 3.8) is 0 Å². The van der Waals surface area contributed by atoms with Gasteiger partial charge in [0.1, 0.15) is 22.9 Å². The summed E-state index contributed by atoms with van der Waals surface area (Å²) in [4.78, 5) is 31.7. The van der Waals surface area contributed by atoms with E-state index in [-0.39, 0.29) is 17.7 Å². The van der Waals surface area contributed by atoms with Gasteiger partial charge in [-0.3, -0.25) is 14.5 Å². The fraction of sp³-hybridized carbons (Fsp3) is 0.174. The SMILES string of the molecule is Cc1cc(C)c2oc(C(=O)N(Cc3ccc(C)o3)c3ccccn3)cc(=O)c2c1. The number of hydrogen-bond donors (Lipinski definition) is 0.